The van der Waals surface area contributed by atoms with E-state index in [9.17, 15) is 9.90 Å². The molecule has 1 aliphatic rings. The molecule has 2 heterocycles. The lowest BCUT2D eigenvalue weighted by atomic mass is 9.92. The summed E-state index contributed by atoms with van der Waals surface area (Å²) in [5.74, 6) is 0.521. The first-order valence-electron chi connectivity index (χ1n) is 7.17. The van der Waals surface area contributed by atoms with E-state index in [1.165, 1.54) is 0 Å². The van der Waals surface area contributed by atoms with Gasteiger partial charge in [0.1, 0.15) is 12.1 Å². The van der Waals surface area contributed by atoms with Gasteiger partial charge in [0.05, 0.1) is 17.7 Å². The molecule has 3 rings (SSSR count). The highest BCUT2D eigenvalue weighted by molar-refractivity contribution is 5.94. The average Bonchev–Trinajstić information content (AvgIpc) is 3.04. The molecule has 2 aromatic rings. The van der Waals surface area contributed by atoms with E-state index in [0.29, 0.717) is 11.4 Å². The second kappa shape index (κ2) is 6.05. The fourth-order valence-corrected chi connectivity index (χ4v) is 2.60. The third-order valence-corrected chi connectivity index (χ3v) is 3.82. The molecular formula is C15H18N4O2. The molecule has 1 amide bonds. The van der Waals surface area contributed by atoms with Crippen LogP contribution in [0.25, 0.3) is 5.82 Å². The quantitative estimate of drug-likeness (QED) is 0.891. The predicted molar refractivity (Wildman–Crippen MR) is 77.1 cm³/mol. The standard InChI is InChI=1S/C15H18N4O2/c20-13-4-2-1-3-12(13)18-15(21)11-5-6-14(17-9-11)19-8-7-16-10-19/h5-10,12-13,20H,1-4H2,(H,18,21)/t12-,13-/m0/s1. The molecule has 6 nitrogen and oxygen atoms in total. The van der Waals surface area contributed by atoms with E-state index in [0.717, 1.165) is 25.7 Å². The minimum absolute atomic E-state index is 0.153. The van der Waals surface area contributed by atoms with E-state index in [1.807, 2.05) is 0 Å². The Morgan fingerprint density at radius 3 is 2.86 bits per heavy atom. The number of amides is 1. The topological polar surface area (TPSA) is 80.0 Å². The van der Waals surface area contributed by atoms with Gasteiger partial charge in [0.2, 0.25) is 0 Å². The van der Waals surface area contributed by atoms with E-state index in [2.05, 4.69) is 15.3 Å². The number of aliphatic hydroxyl groups excluding tert-OH is 1. The molecule has 6 heteroatoms. The molecule has 2 atom stereocenters. The number of hydrogen-bond acceptors (Lipinski definition) is 4. The van der Waals surface area contributed by atoms with Crippen molar-refractivity contribution in [2.75, 3.05) is 0 Å². The summed E-state index contributed by atoms with van der Waals surface area (Å²) in [6.45, 7) is 0. The Morgan fingerprint density at radius 2 is 2.19 bits per heavy atom. The molecule has 0 bridgehead atoms. The van der Waals surface area contributed by atoms with Crippen molar-refractivity contribution in [1.82, 2.24) is 19.9 Å². The molecule has 0 aromatic carbocycles. The number of carbonyl (C=O) groups excluding carboxylic acids is 1. The minimum atomic E-state index is -0.444. The van der Waals surface area contributed by atoms with Crippen molar-refractivity contribution in [3.05, 3.63) is 42.6 Å². The van der Waals surface area contributed by atoms with Crippen LogP contribution >= 0.6 is 0 Å². The monoisotopic (exact) mass is 286 g/mol. The first kappa shape index (κ1) is 13.8. The summed E-state index contributed by atoms with van der Waals surface area (Å²) in [4.78, 5) is 20.4. The predicted octanol–water partition coefficient (Wildman–Crippen LogP) is 1.30. The normalized spacial score (nSPS) is 22.0. The molecule has 21 heavy (non-hydrogen) atoms. The lowest BCUT2D eigenvalue weighted by Gasteiger charge is -2.28. The second-order valence-corrected chi connectivity index (χ2v) is 5.31. The van der Waals surface area contributed by atoms with Gasteiger partial charge in [0.15, 0.2) is 0 Å². The van der Waals surface area contributed by atoms with Crippen molar-refractivity contribution in [2.24, 2.45) is 0 Å². The van der Waals surface area contributed by atoms with Gasteiger partial charge in [-0.15, -0.1) is 0 Å². The van der Waals surface area contributed by atoms with Gasteiger partial charge in [-0.25, -0.2) is 9.97 Å². The maximum atomic E-state index is 12.2. The van der Waals surface area contributed by atoms with Gasteiger partial charge < -0.3 is 10.4 Å². The number of hydrogen-bond donors (Lipinski definition) is 2. The molecule has 0 aliphatic heterocycles. The van der Waals surface area contributed by atoms with Crippen molar-refractivity contribution in [2.45, 2.75) is 37.8 Å². The zero-order valence-corrected chi connectivity index (χ0v) is 11.6. The summed E-state index contributed by atoms with van der Waals surface area (Å²) >= 11 is 0. The Kier molecular flexibility index (Phi) is 3.96. The van der Waals surface area contributed by atoms with Crippen LogP contribution in [-0.2, 0) is 0 Å². The van der Waals surface area contributed by atoms with E-state index in [-0.39, 0.29) is 11.9 Å². The van der Waals surface area contributed by atoms with Gasteiger partial charge in [-0.2, -0.15) is 0 Å². The zero-order chi connectivity index (χ0) is 14.7. The summed E-state index contributed by atoms with van der Waals surface area (Å²) in [6, 6.07) is 3.35. The van der Waals surface area contributed by atoms with Gasteiger partial charge in [-0.1, -0.05) is 12.8 Å². The van der Waals surface area contributed by atoms with Crippen LogP contribution in [0, 0.1) is 0 Å². The van der Waals surface area contributed by atoms with Crippen molar-refractivity contribution < 1.29 is 9.90 Å². The number of carbonyl (C=O) groups is 1. The largest absolute Gasteiger partial charge is 0.391 e. The second-order valence-electron chi connectivity index (χ2n) is 5.31. The molecular weight excluding hydrogens is 268 g/mol. The number of nitrogens with one attached hydrogen (secondary N) is 1. The third-order valence-electron chi connectivity index (χ3n) is 3.82. The minimum Gasteiger partial charge on any atom is -0.391 e. The van der Waals surface area contributed by atoms with E-state index >= 15 is 0 Å². The van der Waals surface area contributed by atoms with Crippen molar-refractivity contribution in [3.63, 3.8) is 0 Å². The highest BCUT2D eigenvalue weighted by atomic mass is 16.3. The van der Waals surface area contributed by atoms with Crippen LogP contribution < -0.4 is 5.32 Å². The van der Waals surface area contributed by atoms with Gasteiger partial charge in [0, 0.05) is 18.6 Å². The van der Waals surface area contributed by atoms with Crippen LogP contribution in [0.15, 0.2) is 37.1 Å². The number of pyridine rings is 1. The summed E-state index contributed by atoms with van der Waals surface area (Å²) < 4.78 is 1.77. The van der Waals surface area contributed by atoms with Crippen molar-refractivity contribution in [3.8, 4) is 5.82 Å². The van der Waals surface area contributed by atoms with Crippen LogP contribution in [0.1, 0.15) is 36.0 Å². The first-order chi connectivity index (χ1) is 10.2. The first-order valence-corrected chi connectivity index (χ1v) is 7.17. The van der Waals surface area contributed by atoms with Crippen LogP contribution in [0.5, 0.6) is 0 Å². The Bertz CT molecular complexity index is 595. The highest BCUT2D eigenvalue weighted by Crippen LogP contribution is 2.18. The van der Waals surface area contributed by atoms with Crippen molar-refractivity contribution in [1.29, 1.82) is 0 Å². The summed E-state index contributed by atoms with van der Waals surface area (Å²) in [6.07, 6.45) is 9.86. The third kappa shape index (κ3) is 3.11. The Balaban J connectivity index is 1.67. The molecule has 0 spiro atoms. The molecule has 2 N–H and O–H groups in total. The van der Waals surface area contributed by atoms with Crippen LogP contribution in [-0.4, -0.2) is 37.7 Å². The Hall–Kier alpha value is -2.21. The van der Waals surface area contributed by atoms with Gasteiger partial charge in [-0.3, -0.25) is 9.36 Å². The maximum absolute atomic E-state index is 12.2. The Labute approximate surface area is 122 Å². The number of aliphatic hydroxyl groups is 1. The fraction of sp³-hybridized carbons (Fsp3) is 0.400. The van der Waals surface area contributed by atoms with Crippen LogP contribution in [0.4, 0.5) is 0 Å². The number of aromatic nitrogens is 3. The molecule has 0 radical (unpaired) electrons. The summed E-state index contributed by atoms with van der Waals surface area (Å²) in [5.41, 5.74) is 0.497. The summed E-state index contributed by atoms with van der Waals surface area (Å²) in [7, 11) is 0. The van der Waals surface area contributed by atoms with Crippen molar-refractivity contribution >= 4 is 5.91 Å². The Morgan fingerprint density at radius 1 is 1.33 bits per heavy atom. The SMILES string of the molecule is O=C(N[C@H]1CCCC[C@@H]1O)c1ccc(-n2ccnc2)nc1. The molecule has 110 valence electrons. The molecule has 1 aliphatic carbocycles. The van der Waals surface area contributed by atoms with Gasteiger partial charge in [-0.05, 0) is 25.0 Å². The molecule has 0 saturated heterocycles. The lowest BCUT2D eigenvalue weighted by Crippen LogP contribution is -2.45. The summed E-state index contributed by atoms with van der Waals surface area (Å²) in [5, 5.41) is 12.8. The maximum Gasteiger partial charge on any atom is 0.253 e. The van der Waals surface area contributed by atoms with E-state index in [4.69, 9.17) is 0 Å². The molecule has 1 saturated carbocycles. The number of rotatable bonds is 3. The van der Waals surface area contributed by atoms with E-state index in [1.54, 1.807) is 41.6 Å². The fourth-order valence-electron chi connectivity index (χ4n) is 2.60. The smallest absolute Gasteiger partial charge is 0.253 e. The average molecular weight is 286 g/mol. The number of nitrogens with zero attached hydrogens (tertiary/aromatic N) is 3. The van der Waals surface area contributed by atoms with Gasteiger partial charge in [0.25, 0.3) is 5.91 Å². The lowest BCUT2D eigenvalue weighted by molar-refractivity contribution is 0.0717. The number of imidazole rings is 1. The molecule has 0 unspecified atom stereocenters. The molecule has 1 fully saturated rings. The zero-order valence-electron chi connectivity index (χ0n) is 11.6. The highest BCUT2D eigenvalue weighted by Gasteiger charge is 2.24. The van der Waals surface area contributed by atoms with Gasteiger partial charge >= 0.3 is 0 Å². The van der Waals surface area contributed by atoms with Crippen LogP contribution in [0.2, 0.25) is 0 Å². The molecule has 2 aromatic heterocycles. The van der Waals surface area contributed by atoms with E-state index < -0.39 is 6.10 Å². The van der Waals surface area contributed by atoms with Crippen LogP contribution in [0.3, 0.4) is 0 Å².